The Balaban J connectivity index is 2.11. The Morgan fingerprint density at radius 2 is 1.83 bits per heavy atom. The molecule has 2 amide bonds. The predicted molar refractivity (Wildman–Crippen MR) is 122 cm³/mol. The molecule has 2 aromatic rings. The summed E-state index contributed by atoms with van der Waals surface area (Å²) in [7, 11) is 0. The number of benzene rings is 2. The third kappa shape index (κ3) is 7.48. The number of nitrogens with one attached hydrogen (secondary N) is 1. The molecule has 0 saturated heterocycles. The topological polar surface area (TPSA) is 49.4 Å². The standard InChI is InChI=1S/C23H28BrClN2O2/c1-3-4-15-26-23(29)17(2)27(16-18-9-12-20(24)13-10-18)22(28)14-11-19-7-5-6-8-21(19)25/h5-10,12-13,17H,3-4,11,14-16H2,1-2H3,(H,26,29)/t17-/m0/s1. The SMILES string of the molecule is CCCCNC(=O)[C@H](C)N(Cc1ccc(Br)cc1)C(=O)CCc1ccccc1Cl. The van der Waals surface area contributed by atoms with Crippen molar-refractivity contribution in [2.75, 3.05) is 6.54 Å². The zero-order valence-electron chi connectivity index (χ0n) is 17.0. The average Bonchev–Trinajstić information content (AvgIpc) is 2.72. The smallest absolute Gasteiger partial charge is 0.242 e. The molecule has 4 nitrogen and oxygen atoms in total. The van der Waals surface area contributed by atoms with Gasteiger partial charge in [-0.3, -0.25) is 9.59 Å². The first-order valence-electron chi connectivity index (χ1n) is 9.97. The first-order valence-corrected chi connectivity index (χ1v) is 11.1. The van der Waals surface area contributed by atoms with Crippen molar-refractivity contribution in [1.82, 2.24) is 10.2 Å². The number of unbranched alkanes of at least 4 members (excludes halogenated alkanes) is 1. The Labute approximate surface area is 186 Å². The van der Waals surface area contributed by atoms with Crippen molar-refractivity contribution >= 4 is 39.3 Å². The molecule has 2 rings (SSSR count). The van der Waals surface area contributed by atoms with Crippen molar-refractivity contribution in [3.05, 3.63) is 69.2 Å². The normalized spacial score (nSPS) is 11.7. The second-order valence-corrected chi connectivity index (χ2v) is 8.38. The lowest BCUT2D eigenvalue weighted by atomic mass is 10.1. The fourth-order valence-electron chi connectivity index (χ4n) is 2.99. The zero-order chi connectivity index (χ0) is 21.2. The summed E-state index contributed by atoms with van der Waals surface area (Å²) in [5, 5.41) is 3.59. The van der Waals surface area contributed by atoms with Gasteiger partial charge < -0.3 is 10.2 Å². The van der Waals surface area contributed by atoms with Gasteiger partial charge in [0.1, 0.15) is 6.04 Å². The highest BCUT2D eigenvalue weighted by Crippen LogP contribution is 2.19. The lowest BCUT2D eigenvalue weighted by Gasteiger charge is -2.29. The first-order chi connectivity index (χ1) is 13.9. The number of rotatable bonds is 10. The molecule has 0 heterocycles. The Morgan fingerprint density at radius 1 is 1.14 bits per heavy atom. The summed E-state index contributed by atoms with van der Waals surface area (Å²) in [5.74, 6) is -0.187. The van der Waals surface area contributed by atoms with E-state index in [1.54, 1.807) is 11.8 Å². The van der Waals surface area contributed by atoms with Crippen LogP contribution < -0.4 is 5.32 Å². The van der Waals surface area contributed by atoms with Gasteiger partial charge in [-0.05, 0) is 49.1 Å². The molecule has 0 saturated carbocycles. The zero-order valence-corrected chi connectivity index (χ0v) is 19.3. The van der Waals surface area contributed by atoms with E-state index in [-0.39, 0.29) is 11.8 Å². The Morgan fingerprint density at radius 3 is 2.48 bits per heavy atom. The van der Waals surface area contributed by atoms with E-state index in [9.17, 15) is 9.59 Å². The van der Waals surface area contributed by atoms with Crippen molar-refractivity contribution in [2.45, 2.75) is 52.1 Å². The Bertz CT molecular complexity index is 811. The second-order valence-electron chi connectivity index (χ2n) is 7.06. The maximum Gasteiger partial charge on any atom is 0.242 e. The summed E-state index contributed by atoms with van der Waals surface area (Å²) in [6.45, 7) is 4.87. The van der Waals surface area contributed by atoms with Crippen molar-refractivity contribution in [3.63, 3.8) is 0 Å². The van der Waals surface area contributed by atoms with Crippen molar-refractivity contribution in [3.8, 4) is 0 Å². The third-order valence-corrected chi connectivity index (χ3v) is 5.73. The van der Waals surface area contributed by atoms with Crippen LogP contribution in [0, 0.1) is 0 Å². The van der Waals surface area contributed by atoms with Gasteiger partial charge in [-0.15, -0.1) is 0 Å². The maximum absolute atomic E-state index is 13.1. The number of amides is 2. The monoisotopic (exact) mass is 478 g/mol. The van der Waals surface area contributed by atoms with Crippen LogP contribution in [-0.4, -0.2) is 29.3 Å². The lowest BCUT2D eigenvalue weighted by Crippen LogP contribution is -2.47. The van der Waals surface area contributed by atoms with E-state index >= 15 is 0 Å². The van der Waals surface area contributed by atoms with Crippen molar-refractivity contribution in [1.29, 1.82) is 0 Å². The van der Waals surface area contributed by atoms with Crippen molar-refractivity contribution in [2.24, 2.45) is 0 Å². The molecule has 0 bridgehead atoms. The lowest BCUT2D eigenvalue weighted by molar-refractivity contribution is -0.140. The maximum atomic E-state index is 13.1. The van der Waals surface area contributed by atoms with Crippen LogP contribution >= 0.6 is 27.5 Å². The number of nitrogens with zero attached hydrogens (tertiary/aromatic N) is 1. The minimum atomic E-state index is -0.547. The van der Waals surface area contributed by atoms with Gasteiger partial charge in [0.2, 0.25) is 11.8 Å². The summed E-state index contributed by atoms with van der Waals surface area (Å²) < 4.78 is 0.975. The van der Waals surface area contributed by atoms with Gasteiger partial charge in [-0.25, -0.2) is 0 Å². The predicted octanol–water partition coefficient (Wildman–Crippen LogP) is 5.37. The van der Waals surface area contributed by atoms with Crippen LogP contribution in [0.1, 0.15) is 44.2 Å². The highest BCUT2D eigenvalue weighted by atomic mass is 79.9. The number of aryl methyl sites for hydroxylation is 1. The summed E-state index contributed by atoms with van der Waals surface area (Å²) in [6.07, 6.45) is 2.77. The summed E-state index contributed by atoms with van der Waals surface area (Å²) in [5.41, 5.74) is 1.92. The van der Waals surface area contributed by atoms with Gasteiger partial charge in [-0.2, -0.15) is 0 Å². The number of hydrogen-bond acceptors (Lipinski definition) is 2. The van der Waals surface area contributed by atoms with Crippen molar-refractivity contribution < 1.29 is 9.59 Å². The molecule has 0 radical (unpaired) electrons. The van der Waals surface area contributed by atoms with Gasteiger partial charge in [0, 0.05) is 29.0 Å². The highest BCUT2D eigenvalue weighted by Gasteiger charge is 2.25. The van der Waals surface area contributed by atoms with Crippen LogP contribution in [0.4, 0.5) is 0 Å². The van der Waals surface area contributed by atoms with E-state index < -0.39 is 6.04 Å². The summed E-state index contributed by atoms with van der Waals surface area (Å²) in [4.78, 5) is 27.3. The van der Waals surface area contributed by atoms with E-state index in [0.29, 0.717) is 31.0 Å². The molecule has 2 aromatic carbocycles. The molecule has 0 unspecified atom stereocenters. The molecule has 1 atom stereocenters. The second kappa shape index (κ2) is 12.0. The minimum Gasteiger partial charge on any atom is -0.354 e. The molecule has 156 valence electrons. The largest absolute Gasteiger partial charge is 0.354 e. The molecule has 0 aliphatic heterocycles. The van der Waals surface area contributed by atoms with Crippen LogP contribution in [0.3, 0.4) is 0 Å². The van der Waals surface area contributed by atoms with E-state index in [4.69, 9.17) is 11.6 Å². The molecule has 0 fully saturated rings. The van der Waals surface area contributed by atoms with E-state index in [1.807, 2.05) is 48.5 Å². The molecule has 29 heavy (non-hydrogen) atoms. The van der Waals surface area contributed by atoms with E-state index in [0.717, 1.165) is 28.4 Å². The van der Waals surface area contributed by atoms with Crippen LogP contribution in [-0.2, 0) is 22.6 Å². The molecule has 0 aromatic heterocycles. The third-order valence-electron chi connectivity index (χ3n) is 4.83. The van der Waals surface area contributed by atoms with Crippen LogP contribution in [0.2, 0.25) is 5.02 Å². The molecule has 0 spiro atoms. The van der Waals surface area contributed by atoms with E-state index in [2.05, 4.69) is 28.2 Å². The minimum absolute atomic E-state index is 0.0639. The fourth-order valence-corrected chi connectivity index (χ4v) is 3.49. The fraction of sp³-hybridized carbons (Fsp3) is 0.391. The summed E-state index contributed by atoms with van der Waals surface area (Å²) in [6, 6.07) is 14.8. The number of carbonyl (C=O) groups is 2. The van der Waals surface area contributed by atoms with Gasteiger partial charge >= 0.3 is 0 Å². The first kappa shape index (κ1) is 23.4. The number of halogens is 2. The molecular weight excluding hydrogens is 452 g/mol. The molecule has 0 aliphatic rings. The Kier molecular flexibility index (Phi) is 9.68. The quantitative estimate of drug-likeness (QED) is 0.466. The number of carbonyl (C=O) groups excluding carboxylic acids is 2. The highest BCUT2D eigenvalue weighted by molar-refractivity contribution is 9.10. The van der Waals surface area contributed by atoms with Gasteiger partial charge in [-0.1, -0.05) is 71.2 Å². The van der Waals surface area contributed by atoms with Gasteiger partial charge in [0.05, 0.1) is 0 Å². The average molecular weight is 480 g/mol. The van der Waals surface area contributed by atoms with Gasteiger partial charge in [0.25, 0.3) is 0 Å². The summed E-state index contributed by atoms with van der Waals surface area (Å²) >= 11 is 9.65. The molecule has 0 aliphatic carbocycles. The molecule has 1 N–H and O–H groups in total. The molecular formula is C23H28BrClN2O2. The number of hydrogen-bond donors (Lipinski definition) is 1. The van der Waals surface area contributed by atoms with Crippen LogP contribution in [0.5, 0.6) is 0 Å². The molecule has 6 heteroatoms. The Hall–Kier alpha value is -1.85. The van der Waals surface area contributed by atoms with Crippen LogP contribution in [0.25, 0.3) is 0 Å². The van der Waals surface area contributed by atoms with E-state index in [1.165, 1.54) is 0 Å². The van der Waals surface area contributed by atoms with Gasteiger partial charge in [0.15, 0.2) is 0 Å². The van der Waals surface area contributed by atoms with Crippen LogP contribution in [0.15, 0.2) is 53.0 Å².